The minimum absolute atomic E-state index is 0.945. The van der Waals surface area contributed by atoms with E-state index in [-0.39, 0.29) is 0 Å². The molecular weight excluding hydrogens is 404 g/mol. The lowest BCUT2D eigenvalue weighted by Gasteiger charge is -2.05. The molecule has 0 unspecified atom stereocenters. The molecule has 0 aliphatic carbocycles. The van der Waals surface area contributed by atoms with E-state index in [1.807, 2.05) is 6.07 Å². The largest absolute Gasteiger partial charge is 0.0505 e. The van der Waals surface area contributed by atoms with Gasteiger partial charge in [0.2, 0.25) is 0 Å². The number of hydrogen-bond donors (Lipinski definition) is 0. The predicted molar refractivity (Wildman–Crippen MR) is 61.7 cm³/mol. The Hall–Kier alpha value is 1.14. The fourth-order valence-corrected chi connectivity index (χ4v) is 3.08. The molecule has 0 spiro atoms. The second kappa shape index (κ2) is 3.90. The standard InChI is InChI=1S/C7H3Br4/c1-3-4(8)2-5(9)7(11)6(3)10/h2H,1H2. The summed E-state index contributed by atoms with van der Waals surface area (Å²) >= 11 is 13.6. The first-order chi connectivity index (χ1) is 5.04. The Morgan fingerprint density at radius 3 is 2.00 bits per heavy atom. The molecule has 0 amide bonds. The second-order valence-corrected chi connectivity index (χ2v) is 5.24. The Morgan fingerprint density at radius 2 is 1.45 bits per heavy atom. The summed E-state index contributed by atoms with van der Waals surface area (Å²) in [7, 11) is 0. The Kier molecular flexibility index (Phi) is 3.62. The van der Waals surface area contributed by atoms with Crippen molar-refractivity contribution in [3.8, 4) is 0 Å². The third-order valence-corrected chi connectivity index (χ3v) is 5.30. The fraction of sp³-hybridized carbons (Fsp3) is 0. The van der Waals surface area contributed by atoms with Gasteiger partial charge in [-0.3, -0.25) is 0 Å². The maximum absolute atomic E-state index is 3.88. The number of rotatable bonds is 0. The highest BCUT2D eigenvalue weighted by Gasteiger charge is 2.07. The van der Waals surface area contributed by atoms with Crippen LogP contribution in [0.5, 0.6) is 0 Å². The minimum atomic E-state index is 0.945. The van der Waals surface area contributed by atoms with Gasteiger partial charge < -0.3 is 0 Å². The van der Waals surface area contributed by atoms with Crippen molar-refractivity contribution >= 4 is 63.7 Å². The zero-order valence-electron chi connectivity index (χ0n) is 5.30. The van der Waals surface area contributed by atoms with Gasteiger partial charge in [0, 0.05) is 17.9 Å². The van der Waals surface area contributed by atoms with E-state index in [9.17, 15) is 0 Å². The van der Waals surface area contributed by atoms with Crippen molar-refractivity contribution in [2.75, 3.05) is 0 Å². The van der Waals surface area contributed by atoms with Crippen molar-refractivity contribution in [3.63, 3.8) is 0 Å². The number of hydrogen-bond acceptors (Lipinski definition) is 0. The molecule has 0 saturated carbocycles. The second-order valence-electron chi connectivity index (χ2n) is 1.95. The van der Waals surface area contributed by atoms with Crippen LogP contribution in [0.15, 0.2) is 24.0 Å². The quantitative estimate of drug-likeness (QED) is 0.424. The normalized spacial score (nSPS) is 10.3. The molecule has 1 rings (SSSR count). The van der Waals surface area contributed by atoms with Gasteiger partial charge in [-0.15, -0.1) is 0 Å². The Morgan fingerprint density at radius 1 is 0.909 bits per heavy atom. The molecule has 1 aromatic carbocycles. The van der Waals surface area contributed by atoms with Gasteiger partial charge >= 0.3 is 0 Å². The Balaban J connectivity index is 3.46. The molecule has 11 heavy (non-hydrogen) atoms. The van der Waals surface area contributed by atoms with Crippen molar-refractivity contribution in [1.29, 1.82) is 0 Å². The third kappa shape index (κ3) is 2.08. The molecule has 0 aliphatic rings. The van der Waals surface area contributed by atoms with E-state index < -0.39 is 0 Å². The molecule has 0 atom stereocenters. The molecule has 0 aliphatic heterocycles. The van der Waals surface area contributed by atoms with Crippen molar-refractivity contribution in [1.82, 2.24) is 0 Å². The summed E-state index contributed by atoms with van der Waals surface area (Å²) in [6.45, 7) is 3.88. The summed E-state index contributed by atoms with van der Waals surface area (Å²) in [5.74, 6) is 0. The summed E-state index contributed by atoms with van der Waals surface area (Å²) in [4.78, 5) is 0. The average molecular weight is 407 g/mol. The van der Waals surface area contributed by atoms with E-state index in [4.69, 9.17) is 0 Å². The highest BCUT2D eigenvalue weighted by atomic mass is 79.9. The molecule has 4 heteroatoms. The van der Waals surface area contributed by atoms with Crippen LogP contribution in [0.3, 0.4) is 0 Å². The summed E-state index contributed by atoms with van der Waals surface area (Å²) < 4.78 is 3.95. The van der Waals surface area contributed by atoms with Gasteiger partial charge in [0.1, 0.15) is 0 Å². The Labute approximate surface area is 99.3 Å². The lowest BCUT2D eigenvalue weighted by molar-refractivity contribution is 1.44. The smallest absolute Gasteiger partial charge is 0.0463 e. The summed E-state index contributed by atoms with van der Waals surface area (Å²) in [6.07, 6.45) is 0. The van der Waals surface area contributed by atoms with Gasteiger partial charge in [0.05, 0.1) is 0 Å². The number of benzene rings is 1. The molecule has 0 fully saturated rings. The van der Waals surface area contributed by atoms with Gasteiger partial charge in [0.25, 0.3) is 0 Å². The predicted octanol–water partition coefficient (Wildman–Crippen LogP) is 4.92. The molecule has 0 heterocycles. The van der Waals surface area contributed by atoms with Gasteiger partial charge in [-0.25, -0.2) is 0 Å². The first kappa shape index (κ1) is 10.2. The average Bonchev–Trinajstić information content (AvgIpc) is 1.97. The van der Waals surface area contributed by atoms with Crippen molar-refractivity contribution in [2.45, 2.75) is 0 Å². The topological polar surface area (TPSA) is 0 Å². The molecule has 59 valence electrons. The fourth-order valence-electron chi connectivity index (χ4n) is 0.604. The van der Waals surface area contributed by atoms with Crippen LogP contribution in [0.25, 0.3) is 0 Å². The summed E-state index contributed by atoms with van der Waals surface area (Å²) in [5, 5.41) is 0. The van der Waals surface area contributed by atoms with Crippen LogP contribution in [0, 0.1) is 6.92 Å². The zero-order chi connectivity index (χ0) is 8.59. The van der Waals surface area contributed by atoms with Crippen molar-refractivity contribution in [3.05, 3.63) is 36.4 Å². The first-order valence-corrected chi connectivity index (χ1v) is 5.86. The minimum Gasteiger partial charge on any atom is -0.0505 e. The molecule has 0 aromatic heterocycles. The van der Waals surface area contributed by atoms with Gasteiger partial charge in [-0.2, -0.15) is 0 Å². The Bertz CT molecular complexity index is 267. The highest BCUT2D eigenvalue weighted by Crippen LogP contribution is 2.37. The summed E-state index contributed by atoms with van der Waals surface area (Å²) in [5.41, 5.74) is 0.945. The highest BCUT2D eigenvalue weighted by molar-refractivity contribution is 9.14. The molecular formula is C7H3Br4. The molecule has 0 saturated heterocycles. The van der Waals surface area contributed by atoms with E-state index in [1.165, 1.54) is 0 Å². The molecule has 0 nitrogen and oxygen atoms in total. The lowest BCUT2D eigenvalue weighted by Crippen LogP contribution is -1.81. The molecule has 1 aromatic rings. The van der Waals surface area contributed by atoms with Crippen LogP contribution < -0.4 is 0 Å². The van der Waals surface area contributed by atoms with Crippen LogP contribution in [0.1, 0.15) is 5.56 Å². The monoisotopic (exact) mass is 403 g/mol. The van der Waals surface area contributed by atoms with Crippen LogP contribution in [0.2, 0.25) is 0 Å². The van der Waals surface area contributed by atoms with Gasteiger partial charge in [-0.1, -0.05) is 15.9 Å². The SMILES string of the molecule is [CH2]c1c(Br)cc(Br)c(Br)c1Br. The third-order valence-electron chi connectivity index (χ3n) is 1.21. The maximum Gasteiger partial charge on any atom is 0.0463 e. The van der Waals surface area contributed by atoms with Crippen molar-refractivity contribution in [2.24, 2.45) is 0 Å². The van der Waals surface area contributed by atoms with Crippen LogP contribution in [0.4, 0.5) is 0 Å². The first-order valence-electron chi connectivity index (χ1n) is 2.69. The van der Waals surface area contributed by atoms with E-state index in [2.05, 4.69) is 70.6 Å². The maximum atomic E-state index is 3.88. The molecule has 0 bridgehead atoms. The zero-order valence-corrected chi connectivity index (χ0v) is 11.6. The van der Waals surface area contributed by atoms with Crippen LogP contribution >= 0.6 is 63.7 Å². The van der Waals surface area contributed by atoms with Crippen molar-refractivity contribution < 1.29 is 0 Å². The summed E-state index contributed by atoms with van der Waals surface area (Å²) in [6, 6.07) is 1.96. The van der Waals surface area contributed by atoms with E-state index in [1.54, 1.807) is 0 Å². The lowest BCUT2D eigenvalue weighted by atomic mass is 10.2. The van der Waals surface area contributed by atoms with Crippen LogP contribution in [-0.4, -0.2) is 0 Å². The molecule has 1 radical (unpaired) electrons. The number of halogens is 4. The van der Waals surface area contributed by atoms with Gasteiger partial charge in [-0.05, 0) is 66.3 Å². The van der Waals surface area contributed by atoms with Crippen LogP contribution in [-0.2, 0) is 0 Å². The van der Waals surface area contributed by atoms with E-state index in [0.29, 0.717) is 0 Å². The van der Waals surface area contributed by atoms with E-state index >= 15 is 0 Å². The molecule has 0 N–H and O–H groups in total. The van der Waals surface area contributed by atoms with E-state index in [0.717, 1.165) is 23.5 Å². The van der Waals surface area contributed by atoms with Gasteiger partial charge in [0.15, 0.2) is 0 Å².